The van der Waals surface area contributed by atoms with Gasteiger partial charge in [0.05, 0.1) is 6.10 Å². The van der Waals surface area contributed by atoms with E-state index in [1.165, 1.54) is 5.56 Å². The molecule has 1 aromatic rings. The van der Waals surface area contributed by atoms with Gasteiger partial charge in [0.2, 0.25) is 0 Å². The number of aliphatic hydroxyl groups excluding tert-OH is 1. The van der Waals surface area contributed by atoms with E-state index < -0.39 is 0 Å². The Bertz CT molecular complexity index is 306. The lowest BCUT2D eigenvalue weighted by atomic mass is 9.93. The van der Waals surface area contributed by atoms with Crippen molar-refractivity contribution >= 4 is 0 Å². The molecule has 0 spiro atoms. The van der Waals surface area contributed by atoms with E-state index >= 15 is 0 Å². The number of hydrogen-bond acceptors (Lipinski definition) is 1. The first kappa shape index (κ1) is 9.72. The van der Waals surface area contributed by atoms with E-state index in [1.54, 1.807) is 0 Å². The van der Waals surface area contributed by atoms with E-state index in [0.29, 0.717) is 5.92 Å². The third-order valence-electron chi connectivity index (χ3n) is 3.63. The minimum absolute atomic E-state index is 0.135. The van der Waals surface area contributed by atoms with Gasteiger partial charge in [0, 0.05) is 5.41 Å². The van der Waals surface area contributed by atoms with Gasteiger partial charge in [0.15, 0.2) is 0 Å². The lowest BCUT2D eigenvalue weighted by molar-refractivity contribution is 0.0955. The highest BCUT2D eigenvalue weighted by atomic mass is 16.3. The zero-order valence-electron chi connectivity index (χ0n) is 8.90. The van der Waals surface area contributed by atoms with Crippen LogP contribution in [0, 0.1) is 5.41 Å². The molecule has 0 bridgehead atoms. The molecule has 3 atom stereocenters. The van der Waals surface area contributed by atoms with Crippen LogP contribution in [0.4, 0.5) is 0 Å². The average Bonchev–Trinajstić information content (AvgIpc) is 2.92. The van der Waals surface area contributed by atoms with E-state index in [-0.39, 0.29) is 11.5 Å². The van der Waals surface area contributed by atoms with E-state index in [4.69, 9.17) is 0 Å². The van der Waals surface area contributed by atoms with E-state index in [2.05, 4.69) is 38.1 Å². The molecule has 2 rings (SSSR count). The molecule has 76 valence electrons. The molecular formula is C13H18O. The van der Waals surface area contributed by atoms with Gasteiger partial charge < -0.3 is 5.11 Å². The van der Waals surface area contributed by atoms with Gasteiger partial charge in [-0.15, -0.1) is 0 Å². The predicted octanol–water partition coefficient (Wildman–Crippen LogP) is 2.95. The highest BCUT2D eigenvalue weighted by molar-refractivity contribution is 5.30. The third-order valence-corrected chi connectivity index (χ3v) is 3.63. The molecule has 1 fully saturated rings. The Hall–Kier alpha value is -0.820. The molecule has 14 heavy (non-hydrogen) atoms. The fraction of sp³-hybridized carbons (Fsp3) is 0.538. The summed E-state index contributed by atoms with van der Waals surface area (Å²) in [6.45, 7) is 4.25. The Morgan fingerprint density at radius 3 is 2.64 bits per heavy atom. The minimum Gasteiger partial charge on any atom is -0.393 e. The Labute approximate surface area is 85.8 Å². The third kappa shape index (κ3) is 1.46. The van der Waals surface area contributed by atoms with E-state index in [0.717, 1.165) is 12.8 Å². The molecule has 0 aliphatic heterocycles. The van der Waals surface area contributed by atoms with Crippen LogP contribution in [0.2, 0.25) is 0 Å². The van der Waals surface area contributed by atoms with Crippen LogP contribution in [0.5, 0.6) is 0 Å². The summed E-state index contributed by atoms with van der Waals surface area (Å²) in [6, 6.07) is 10.5. The van der Waals surface area contributed by atoms with Crippen LogP contribution >= 0.6 is 0 Å². The smallest absolute Gasteiger partial charge is 0.0597 e. The maximum atomic E-state index is 9.89. The normalized spacial score (nSPS) is 32.6. The summed E-state index contributed by atoms with van der Waals surface area (Å²) in [4.78, 5) is 0. The fourth-order valence-electron chi connectivity index (χ4n) is 2.40. The van der Waals surface area contributed by atoms with Crippen LogP contribution in [-0.2, 0) is 0 Å². The molecule has 0 radical (unpaired) electrons. The second-order valence-electron chi connectivity index (χ2n) is 4.60. The van der Waals surface area contributed by atoms with E-state index in [1.807, 2.05) is 6.07 Å². The second-order valence-corrected chi connectivity index (χ2v) is 4.60. The zero-order valence-corrected chi connectivity index (χ0v) is 8.90. The van der Waals surface area contributed by atoms with Gasteiger partial charge in [-0.25, -0.2) is 0 Å². The van der Waals surface area contributed by atoms with Crippen LogP contribution < -0.4 is 0 Å². The molecule has 1 aliphatic rings. The Morgan fingerprint density at radius 2 is 2.07 bits per heavy atom. The standard InChI is InChI=1S/C13H18O/c1-3-12(14)13(2)9-11(13)10-7-5-4-6-8-10/h4-8,11-12,14H,3,9H2,1-2H3/t11-,12+,13+/m0/s1. The lowest BCUT2D eigenvalue weighted by Gasteiger charge is -2.17. The van der Waals surface area contributed by atoms with Gasteiger partial charge in [-0.2, -0.15) is 0 Å². The van der Waals surface area contributed by atoms with Crippen LogP contribution in [0.15, 0.2) is 30.3 Å². The van der Waals surface area contributed by atoms with Crippen molar-refractivity contribution in [2.75, 3.05) is 0 Å². The van der Waals surface area contributed by atoms with Crippen LogP contribution in [0.3, 0.4) is 0 Å². The van der Waals surface area contributed by atoms with E-state index in [9.17, 15) is 5.11 Å². The SMILES string of the molecule is CC[C@@H](O)[C@]1(C)C[C@H]1c1ccccc1. The molecule has 0 amide bonds. The maximum absolute atomic E-state index is 9.89. The van der Waals surface area contributed by atoms with Crippen molar-refractivity contribution in [3.8, 4) is 0 Å². The highest BCUT2D eigenvalue weighted by Gasteiger charge is 2.54. The summed E-state index contributed by atoms with van der Waals surface area (Å²) in [6.07, 6.45) is 1.85. The van der Waals surface area contributed by atoms with Crippen molar-refractivity contribution in [2.45, 2.75) is 38.7 Å². The van der Waals surface area contributed by atoms with Gasteiger partial charge >= 0.3 is 0 Å². The van der Waals surface area contributed by atoms with Gasteiger partial charge in [-0.05, 0) is 24.3 Å². The van der Waals surface area contributed by atoms with Crippen LogP contribution in [0.25, 0.3) is 0 Å². The summed E-state index contributed by atoms with van der Waals surface area (Å²) in [7, 11) is 0. The predicted molar refractivity (Wildman–Crippen MR) is 58.2 cm³/mol. The van der Waals surface area contributed by atoms with Gasteiger partial charge in [-0.1, -0.05) is 44.2 Å². The Balaban J connectivity index is 2.12. The second kappa shape index (κ2) is 3.39. The summed E-state index contributed by atoms with van der Waals surface area (Å²) >= 11 is 0. The number of hydrogen-bond donors (Lipinski definition) is 1. The molecule has 1 nitrogen and oxygen atoms in total. The Morgan fingerprint density at radius 1 is 1.43 bits per heavy atom. The molecule has 0 unspecified atom stereocenters. The lowest BCUT2D eigenvalue weighted by Crippen LogP contribution is -2.19. The molecular weight excluding hydrogens is 172 g/mol. The Kier molecular flexibility index (Phi) is 2.36. The molecule has 0 aromatic heterocycles. The minimum atomic E-state index is -0.146. The largest absolute Gasteiger partial charge is 0.393 e. The van der Waals surface area contributed by atoms with Crippen molar-refractivity contribution in [3.05, 3.63) is 35.9 Å². The quantitative estimate of drug-likeness (QED) is 0.777. The highest BCUT2D eigenvalue weighted by Crippen LogP contribution is 2.61. The van der Waals surface area contributed by atoms with Crippen molar-refractivity contribution in [2.24, 2.45) is 5.41 Å². The zero-order chi connectivity index (χ0) is 10.2. The first-order valence-corrected chi connectivity index (χ1v) is 5.41. The summed E-state index contributed by atoms with van der Waals surface area (Å²) in [5.41, 5.74) is 1.51. The number of benzene rings is 1. The fourth-order valence-corrected chi connectivity index (χ4v) is 2.40. The molecule has 1 saturated carbocycles. The van der Waals surface area contributed by atoms with Crippen LogP contribution in [-0.4, -0.2) is 11.2 Å². The van der Waals surface area contributed by atoms with Crippen LogP contribution in [0.1, 0.15) is 38.2 Å². The summed E-state index contributed by atoms with van der Waals surface area (Å²) < 4.78 is 0. The van der Waals surface area contributed by atoms with Crippen molar-refractivity contribution in [1.82, 2.24) is 0 Å². The number of rotatable bonds is 3. The molecule has 1 N–H and O–H groups in total. The van der Waals surface area contributed by atoms with Gasteiger partial charge in [0.1, 0.15) is 0 Å². The maximum Gasteiger partial charge on any atom is 0.0597 e. The van der Waals surface area contributed by atoms with Crippen molar-refractivity contribution < 1.29 is 5.11 Å². The molecule has 1 aliphatic carbocycles. The average molecular weight is 190 g/mol. The first-order valence-electron chi connectivity index (χ1n) is 5.41. The number of aliphatic hydroxyl groups is 1. The van der Waals surface area contributed by atoms with Gasteiger partial charge in [-0.3, -0.25) is 0 Å². The topological polar surface area (TPSA) is 20.2 Å². The monoisotopic (exact) mass is 190 g/mol. The summed E-state index contributed by atoms with van der Waals surface area (Å²) in [5.74, 6) is 0.568. The molecule has 0 saturated heterocycles. The van der Waals surface area contributed by atoms with Crippen molar-refractivity contribution in [1.29, 1.82) is 0 Å². The molecule has 1 aromatic carbocycles. The van der Waals surface area contributed by atoms with Gasteiger partial charge in [0.25, 0.3) is 0 Å². The summed E-state index contributed by atoms with van der Waals surface area (Å²) in [5, 5.41) is 9.89. The first-order chi connectivity index (χ1) is 6.68. The van der Waals surface area contributed by atoms with Crippen molar-refractivity contribution in [3.63, 3.8) is 0 Å². The molecule has 1 heteroatoms. The molecule has 0 heterocycles.